The van der Waals surface area contributed by atoms with Crippen LogP contribution >= 0.6 is 11.6 Å². The molecule has 0 spiro atoms. The fourth-order valence-electron chi connectivity index (χ4n) is 1.84. The van der Waals surface area contributed by atoms with Crippen molar-refractivity contribution in [1.82, 2.24) is 10.2 Å². The number of amides is 2. The molecule has 1 rings (SSSR count). The van der Waals surface area contributed by atoms with Gasteiger partial charge in [0.1, 0.15) is 11.8 Å². The van der Waals surface area contributed by atoms with E-state index < -0.39 is 11.9 Å². The van der Waals surface area contributed by atoms with Gasteiger partial charge in [0.15, 0.2) is 0 Å². The number of likely N-dealkylation sites (N-methyl/N-ethyl adjacent to an activating group) is 1. The lowest BCUT2D eigenvalue weighted by atomic mass is 10.1. The first-order valence-electron chi connectivity index (χ1n) is 6.48. The molecule has 2 amide bonds. The van der Waals surface area contributed by atoms with E-state index >= 15 is 0 Å². The first kappa shape index (κ1) is 16.3. The second-order valence-electron chi connectivity index (χ2n) is 4.37. The third-order valence-electron chi connectivity index (χ3n) is 3.00. The highest BCUT2D eigenvalue weighted by Crippen LogP contribution is 2.21. The van der Waals surface area contributed by atoms with Crippen LogP contribution in [0.2, 0.25) is 5.02 Å². The quantitative estimate of drug-likeness (QED) is 0.874. The molecule has 0 fully saturated rings. The molecule has 0 aliphatic rings. The Hall–Kier alpha value is -1.75. The SMILES string of the molecule is CCN(CC)C(=O)C(C)NC(=O)c1cc(Cl)ccc1O. The van der Waals surface area contributed by atoms with E-state index in [1.165, 1.54) is 18.2 Å². The van der Waals surface area contributed by atoms with Gasteiger partial charge in [-0.3, -0.25) is 9.59 Å². The Labute approximate surface area is 123 Å². The normalized spacial score (nSPS) is 11.8. The Bertz CT molecular complexity index is 501. The number of phenols is 1. The molecule has 0 saturated heterocycles. The molecule has 0 aliphatic heterocycles. The lowest BCUT2D eigenvalue weighted by Gasteiger charge is -2.23. The first-order chi connectivity index (χ1) is 9.40. The van der Waals surface area contributed by atoms with Crippen LogP contribution in [-0.2, 0) is 4.79 Å². The zero-order valence-corrected chi connectivity index (χ0v) is 12.6. The van der Waals surface area contributed by atoms with Gasteiger partial charge in [-0.25, -0.2) is 0 Å². The van der Waals surface area contributed by atoms with Crippen molar-refractivity contribution in [2.75, 3.05) is 13.1 Å². The topological polar surface area (TPSA) is 69.6 Å². The van der Waals surface area contributed by atoms with Crippen molar-refractivity contribution in [3.8, 4) is 5.75 Å². The summed E-state index contributed by atoms with van der Waals surface area (Å²) < 4.78 is 0. The molecular weight excluding hydrogens is 280 g/mol. The number of aromatic hydroxyl groups is 1. The molecule has 0 saturated carbocycles. The van der Waals surface area contributed by atoms with Gasteiger partial charge in [0.2, 0.25) is 5.91 Å². The van der Waals surface area contributed by atoms with Crippen molar-refractivity contribution in [3.05, 3.63) is 28.8 Å². The largest absolute Gasteiger partial charge is 0.507 e. The van der Waals surface area contributed by atoms with Crippen LogP contribution in [0.25, 0.3) is 0 Å². The van der Waals surface area contributed by atoms with E-state index in [2.05, 4.69) is 5.32 Å². The molecule has 1 unspecified atom stereocenters. The average Bonchev–Trinajstić information content (AvgIpc) is 2.42. The van der Waals surface area contributed by atoms with Crippen LogP contribution in [0.4, 0.5) is 0 Å². The van der Waals surface area contributed by atoms with Gasteiger partial charge in [0, 0.05) is 18.1 Å². The Morgan fingerprint density at radius 2 is 1.95 bits per heavy atom. The summed E-state index contributed by atoms with van der Waals surface area (Å²) in [5, 5.41) is 12.6. The molecule has 1 aromatic carbocycles. The van der Waals surface area contributed by atoms with E-state index in [0.717, 1.165) is 0 Å². The number of hydrogen-bond acceptors (Lipinski definition) is 3. The monoisotopic (exact) mass is 298 g/mol. The van der Waals surface area contributed by atoms with Gasteiger partial charge in [0.25, 0.3) is 5.91 Å². The fraction of sp³-hybridized carbons (Fsp3) is 0.429. The minimum atomic E-state index is -0.666. The molecule has 20 heavy (non-hydrogen) atoms. The van der Waals surface area contributed by atoms with Crippen LogP contribution in [0, 0.1) is 0 Å². The summed E-state index contributed by atoms with van der Waals surface area (Å²) in [5.74, 6) is -0.864. The number of phenolic OH excluding ortho intramolecular Hbond substituents is 1. The van der Waals surface area contributed by atoms with E-state index in [-0.39, 0.29) is 17.2 Å². The molecule has 0 radical (unpaired) electrons. The lowest BCUT2D eigenvalue weighted by molar-refractivity contribution is -0.132. The zero-order valence-electron chi connectivity index (χ0n) is 11.8. The van der Waals surface area contributed by atoms with Crippen LogP contribution < -0.4 is 5.32 Å². The predicted molar refractivity (Wildman–Crippen MR) is 78.0 cm³/mol. The average molecular weight is 299 g/mol. The van der Waals surface area contributed by atoms with Crippen molar-refractivity contribution in [1.29, 1.82) is 0 Å². The van der Waals surface area contributed by atoms with Gasteiger partial charge in [-0.05, 0) is 39.0 Å². The van der Waals surface area contributed by atoms with Crippen molar-refractivity contribution in [2.24, 2.45) is 0 Å². The zero-order chi connectivity index (χ0) is 15.3. The van der Waals surface area contributed by atoms with Crippen LogP contribution in [0.5, 0.6) is 5.75 Å². The Morgan fingerprint density at radius 1 is 1.35 bits per heavy atom. The summed E-state index contributed by atoms with van der Waals surface area (Å²) in [5.41, 5.74) is 0.0525. The molecule has 0 aromatic heterocycles. The molecule has 5 nitrogen and oxygen atoms in total. The summed E-state index contributed by atoms with van der Waals surface area (Å²) in [4.78, 5) is 25.7. The van der Waals surface area contributed by atoms with E-state index in [1.807, 2.05) is 13.8 Å². The minimum Gasteiger partial charge on any atom is -0.507 e. The second kappa shape index (κ2) is 7.14. The van der Waals surface area contributed by atoms with Gasteiger partial charge < -0.3 is 15.3 Å². The third-order valence-corrected chi connectivity index (χ3v) is 3.23. The van der Waals surface area contributed by atoms with Gasteiger partial charge >= 0.3 is 0 Å². The van der Waals surface area contributed by atoms with Crippen molar-refractivity contribution in [3.63, 3.8) is 0 Å². The summed E-state index contributed by atoms with van der Waals surface area (Å²) in [6.07, 6.45) is 0. The van der Waals surface area contributed by atoms with Gasteiger partial charge in [-0.1, -0.05) is 11.6 Å². The number of nitrogens with zero attached hydrogens (tertiary/aromatic N) is 1. The molecule has 0 aliphatic carbocycles. The van der Waals surface area contributed by atoms with Crippen molar-refractivity contribution < 1.29 is 14.7 Å². The van der Waals surface area contributed by atoms with E-state index in [1.54, 1.807) is 11.8 Å². The number of carbonyl (C=O) groups excluding carboxylic acids is 2. The van der Waals surface area contributed by atoms with Crippen LogP contribution in [0.15, 0.2) is 18.2 Å². The fourth-order valence-corrected chi connectivity index (χ4v) is 2.01. The van der Waals surface area contributed by atoms with Crippen LogP contribution in [-0.4, -0.2) is 41.0 Å². The number of nitrogens with one attached hydrogen (secondary N) is 1. The van der Waals surface area contributed by atoms with Crippen molar-refractivity contribution >= 4 is 23.4 Å². The van der Waals surface area contributed by atoms with Crippen LogP contribution in [0.1, 0.15) is 31.1 Å². The number of halogens is 1. The summed E-state index contributed by atoms with van der Waals surface area (Å²) in [6.45, 7) is 6.52. The molecule has 110 valence electrons. The Balaban J connectivity index is 2.80. The second-order valence-corrected chi connectivity index (χ2v) is 4.80. The molecule has 1 aromatic rings. The maximum absolute atomic E-state index is 12.0. The summed E-state index contributed by atoms with van der Waals surface area (Å²) in [6, 6.07) is 3.52. The number of benzene rings is 1. The molecule has 0 bridgehead atoms. The molecule has 2 N–H and O–H groups in total. The minimum absolute atomic E-state index is 0.0525. The standard InChI is InChI=1S/C14H19ClN2O3/c1-4-17(5-2)14(20)9(3)16-13(19)11-8-10(15)6-7-12(11)18/h6-9,18H,4-5H2,1-3H3,(H,16,19). The van der Waals surface area contributed by atoms with E-state index in [4.69, 9.17) is 11.6 Å². The number of rotatable bonds is 5. The van der Waals surface area contributed by atoms with E-state index in [0.29, 0.717) is 18.1 Å². The summed E-state index contributed by atoms with van der Waals surface area (Å²) in [7, 11) is 0. The lowest BCUT2D eigenvalue weighted by Crippen LogP contribution is -2.46. The van der Waals surface area contributed by atoms with E-state index in [9.17, 15) is 14.7 Å². The Morgan fingerprint density at radius 3 is 2.50 bits per heavy atom. The molecule has 0 heterocycles. The molecular formula is C14H19ClN2O3. The van der Waals surface area contributed by atoms with Gasteiger partial charge in [-0.2, -0.15) is 0 Å². The first-order valence-corrected chi connectivity index (χ1v) is 6.86. The van der Waals surface area contributed by atoms with Gasteiger partial charge in [0.05, 0.1) is 5.56 Å². The maximum Gasteiger partial charge on any atom is 0.255 e. The predicted octanol–water partition coefficient (Wildman–Crippen LogP) is 2.03. The van der Waals surface area contributed by atoms with Crippen molar-refractivity contribution in [2.45, 2.75) is 26.8 Å². The number of hydrogen-bond donors (Lipinski definition) is 2. The van der Waals surface area contributed by atoms with Gasteiger partial charge in [-0.15, -0.1) is 0 Å². The number of carbonyl (C=O) groups is 2. The maximum atomic E-state index is 12.0. The molecule has 6 heteroatoms. The third kappa shape index (κ3) is 3.87. The highest BCUT2D eigenvalue weighted by atomic mass is 35.5. The van der Waals surface area contributed by atoms with Crippen LogP contribution in [0.3, 0.4) is 0 Å². The highest BCUT2D eigenvalue weighted by molar-refractivity contribution is 6.31. The molecule has 1 atom stereocenters. The summed E-state index contributed by atoms with van der Waals surface area (Å²) >= 11 is 5.79. The smallest absolute Gasteiger partial charge is 0.255 e. The Kier molecular flexibility index (Phi) is 5.82. The highest BCUT2D eigenvalue weighted by Gasteiger charge is 2.21.